The summed E-state index contributed by atoms with van der Waals surface area (Å²) in [6.07, 6.45) is 6.75. The minimum atomic E-state index is -0.374. The van der Waals surface area contributed by atoms with Crippen LogP contribution in [0.25, 0.3) is 0 Å². The van der Waals surface area contributed by atoms with Crippen LogP contribution in [0.5, 0.6) is 0 Å². The molecule has 0 radical (unpaired) electrons. The Bertz CT molecular complexity index is 496. The second kappa shape index (κ2) is 19.3. The van der Waals surface area contributed by atoms with Crippen LogP contribution in [0, 0.1) is 23.7 Å². The van der Waals surface area contributed by atoms with Crippen LogP contribution in [0.4, 0.5) is 0 Å². The van der Waals surface area contributed by atoms with Gasteiger partial charge in [0.15, 0.2) is 0 Å². The number of carbonyl (C=O) groups is 1. The highest BCUT2D eigenvalue weighted by molar-refractivity contribution is 5.75. The molecular formula is C22H38O2. The number of hydrogen-bond acceptors (Lipinski definition) is 2. The molecule has 0 amide bonds. The van der Waals surface area contributed by atoms with Gasteiger partial charge in [0.25, 0.3) is 0 Å². The average molecular weight is 336 g/mol. The lowest BCUT2D eigenvalue weighted by Gasteiger charge is -2.05. The zero-order valence-corrected chi connectivity index (χ0v) is 15.5. The molecule has 1 N–H and O–H groups in total. The van der Waals surface area contributed by atoms with E-state index in [1.807, 2.05) is 13.8 Å². The SMILES string of the molecule is C.C=C(C)C(O)CCC#CC.CC#CCC/C=C(\C)CCC(C)=O.[2HH]. The molecule has 0 bridgehead atoms. The largest absolute Gasteiger partial charge is 0.389 e. The van der Waals surface area contributed by atoms with E-state index in [1.165, 1.54) is 5.57 Å². The number of unbranched alkanes of at least 4 members (excludes halogenated alkanes) is 1. The Morgan fingerprint density at radius 3 is 2.12 bits per heavy atom. The fourth-order valence-corrected chi connectivity index (χ4v) is 1.57. The van der Waals surface area contributed by atoms with Crippen LogP contribution in [0.1, 0.15) is 82.0 Å². The molecule has 0 aliphatic rings. The number of allylic oxidation sites excluding steroid dienone is 2. The van der Waals surface area contributed by atoms with E-state index in [4.69, 9.17) is 0 Å². The van der Waals surface area contributed by atoms with Gasteiger partial charge in [-0.15, -0.1) is 23.7 Å². The van der Waals surface area contributed by atoms with Gasteiger partial charge in [-0.05, 0) is 53.9 Å². The maximum Gasteiger partial charge on any atom is 0.130 e. The van der Waals surface area contributed by atoms with Gasteiger partial charge < -0.3 is 9.90 Å². The molecule has 0 aliphatic heterocycles. The highest BCUT2D eigenvalue weighted by Crippen LogP contribution is 2.06. The normalized spacial score (nSPS) is 10.5. The summed E-state index contributed by atoms with van der Waals surface area (Å²) >= 11 is 0. The van der Waals surface area contributed by atoms with Crippen LogP contribution in [0.15, 0.2) is 23.8 Å². The predicted octanol–water partition coefficient (Wildman–Crippen LogP) is 5.71. The standard InChI is InChI=1S/C12H18O.C9H14O.CH4.H2/c1-4-5-6-7-8-11(2)9-10-12(3)13;1-4-5-6-7-9(10)8(2)3;;/h8H,6-7,9-10H2,1-3H3;9-10H,2,6-7H2,1,3H3;1H4;1H/b11-8+;;;/i;;;1+1. The molecule has 24 heavy (non-hydrogen) atoms. The van der Waals surface area contributed by atoms with Crippen LogP contribution >= 0.6 is 0 Å². The molecule has 0 heterocycles. The van der Waals surface area contributed by atoms with Crippen molar-refractivity contribution in [3.8, 4) is 23.7 Å². The lowest BCUT2D eigenvalue weighted by Crippen LogP contribution is -2.05. The molecular weight excluding hydrogens is 296 g/mol. The number of aliphatic hydroxyl groups excluding tert-OH is 1. The Morgan fingerprint density at radius 1 is 1.12 bits per heavy atom. The first-order chi connectivity index (χ1) is 10.8. The van der Waals surface area contributed by atoms with E-state index in [9.17, 15) is 9.90 Å². The first kappa shape index (κ1) is 27.1. The topological polar surface area (TPSA) is 37.3 Å². The molecule has 0 aliphatic carbocycles. The zero-order valence-electron chi connectivity index (χ0n) is 15.5. The van der Waals surface area contributed by atoms with E-state index < -0.39 is 0 Å². The molecule has 0 aromatic heterocycles. The third kappa shape index (κ3) is 22.5. The molecule has 1 unspecified atom stereocenters. The highest BCUT2D eigenvalue weighted by Gasteiger charge is 2.01. The Balaban J connectivity index is -0.000000168. The van der Waals surface area contributed by atoms with Crippen molar-refractivity contribution in [1.29, 1.82) is 0 Å². The number of carbonyl (C=O) groups excluding carboxylic acids is 1. The molecule has 0 aromatic rings. The van der Waals surface area contributed by atoms with Gasteiger partial charge in [0, 0.05) is 20.7 Å². The number of rotatable bonds is 8. The number of hydrogen-bond donors (Lipinski definition) is 1. The molecule has 0 spiro atoms. The quantitative estimate of drug-likeness (QED) is 0.350. The van der Waals surface area contributed by atoms with E-state index in [1.54, 1.807) is 13.8 Å². The lowest BCUT2D eigenvalue weighted by molar-refractivity contribution is -0.116. The van der Waals surface area contributed by atoms with Gasteiger partial charge in [-0.1, -0.05) is 31.2 Å². The van der Waals surface area contributed by atoms with Crippen molar-refractivity contribution in [3.63, 3.8) is 0 Å². The monoisotopic (exact) mass is 335 g/mol. The zero-order chi connectivity index (χ0) is 18.1. The maximum atomic E-state index is 10.7. The van der Waals surface area contributed by atoms with Gasteiger partial charge in [-0.25, -0.2) is 0 Å². The van der Waals surface area contributed by atoms with Crippen LogP contribution in [0.2, 0.25) is 0 Å². The molecule has 2 nitrogen and oxygen atoms in total. The van der Waals surface area contributed by atoms with E-state index in [-0.39, 0.29) is 20.7 Å². The van der Waals surface area contributed by atoms with Crippen molar-refractivity contribution < 1.29 is 11.3 Å². The minimum absolute atomic E-state index is 0. The van der Waals surface area contributed by atoms with Crippen molar-refractivity contribution in [1.82, 2.24) is 0 Å². The van der Waals surface area contributed by atoms with E-state index in [2.05, 4.69) is 43.3 Å². The summed E-state index contributed by atoms with van der Waals surface area (Å²) in [6, 6.07) is 0. The second-order valence-electron chi connectivity index (χ2n) is 5.55. The van der Waals surface area contributed by atoms with Crippen LogP contribution in [0.3, 0.4) is 0 Å². The molecule has 0 fully saturated rings. The number of ketones is 1. The summed E-state index contributed by atoms with van der Waals surface area (Å²) in [5.74, 6) is 11.8. The summed E-state index contributed by atoms with van der Waals surface area (Å²) in [5.41, 5.74) is 2.12. The first-order valence-corrected chi connectivity index (χ1v) is 8.12. The van der Waals surface area contributed by atoms with Gasteiger partial charge in [-0.3, -0.25) is 0 Å². The van der Waals surface area contributed by atoms with Crippen LogP contribution < -0.4 is 0 Å². The van der Waals surface area contributed by atoms with E-state index in [0.717, 1.165) is 31.3 Å². The average Bonchev–Trinajstić information content (AvgIpc) is 2.50. The van der Waals surface area contributed by atoms with Gasteiger partial charge in [0.05, 0.1) is 6.10 Å². The lowest BCUT2D eigenvalue weighted by atomic mass is 10.1. The fourth-order valence-electron chi connectivity index (χ4n) is 1.57. The van der Waals surface area contributed by atoms with Gasteiger partial charge in [-0.2, -0.15) is 0 Å². The minimum Gasteiger partial charge on any atom is -0.389 e. The summed E-state index contributed by atoms with van der Waals surface area (Å²) in [4.78, 5) is 10.7. The molecule has 0 saturated carbocycles. The third-order valence-electron chi connectivity index (χ3n) is 3.10. The van der Waals surface area contributed by atoms with Gasteiger partial charge >= 0.3 is 0 Å². The van der Waals surface area contributed by atoms with Crippen LogP contribution in [-0.2, 0) is 4.79 Å². The molecule has 2 heteroatoms. The first-order valence-electron chi connectivity index (χ1n) is 8.12. The Morgan fingerprint density at radius 2 is 1.67 bits per heavy atom. The van der Waals surface area contributed by atoms with Crippen molar-refractivity contribution in [3.05, 3.63) is 23.8 Å². The Kier molecular flexibility index (Phi) is 21.8. The predicted molar refractivity (Wildman–Crippen MR) is 109 cm³/mol. The van der Waals surface area contributed by atoms with Crippen molar-refractivity contribution in [2.45, 2.75) is 86.7 Å². The molecule has 138 valence electrons. The maximum absolute atomic E-state index is 10.7. The molecule has 0 aromatic carbocycles. The third-order valence-corrected chi connectivity index (χ3v) is 3.10. The Labute approximate surface area is 151 Å². The van der Waals surface area contributed by atoms with Crippen molar-refractivity contribution in [2.24, 2.45) is 0 Å². The summed E-state index contributed by atoms with van der Waals surface area (Å²) in [6.45, 7) is 12.8. The number of aliphatic hydroxyl groups is 1. The summed E-state index contributed by atoms with van der Waals surface area (Å²) in [5, 5.41) is 9.19. The van der Waals surface area contributed by atoms with E-state index >= 15 is 0 Å². The van der Waals surface area contributed by atoms with Gasteiger partial charge in [0.2, 0.25) is 0 Å². The molecule has 1 atom stereocenters. The van der Waals surface area contributed by atoms with Crippen molar-refractivity contribution in [2.75, 3.05) is 0 Å². The Hall–Kier alpha value is -1.77. The molecule has 0 rings (SSSR count). The van der Waals surface area contributed by atoms with Crippen molar-refractivity contribution >= 4 is 5.78 Å². The van der Waals surface area contributed by atoms with E-state index in [0.29, 0.717) is 12.8 Å². The smallest absolute Gasteiger partial charge is 0.130 e. The summed E-state index contributed by atoms with van der Waals surface area (Å²) in [7, 11) is 0. The fraction of sp³-hybridized carbons (Fsp3) is 0.591. The van der Waals surface area contributed by atoms with Crippen LogP contribution in [-0.4, -0.2) is 17.0 Å². The number of Topliss-reactive ketones (excluding diaryl/α,β-unsaturated/α-hetero) is 1. The highest BCUT2D eigenvalue weighted by atomic mass is 16.3. The molecule has 0 saturated heterocycles. The van der Waals surface area contributed by atoms with Gasteiger partial charge in [0.1, 0.15) is 5.78 Å². The summed E-state index contributed by atoms with van der Waals surface area (Å²) < 4.78 is 0. The second-order valence-corrected chi connectivity index (χ2v) is 5.55.